The van der Waals surface area contributed by atoms with Gasteiger partial charge in [0.15, 0.2) is 0 Å². The van der Waals surface area contributed by atoms with Crippen molar-refractivity contribution in [2.75, 3.05) is 38.7 Å². The van der Waals surface area contributed by atoms with Gasteiger partial charge in [0.05, 0.1) is 6.61 Å². The highest BCUT2D eigenvalue weighted by Crippen LogP contribution is 2.29. The first-order chi connectivity index (χ1) is 7.97. The predicted octanol–water partition coefficient (Wildman–Crippen LogP) is 3.40. The Balaban J connectivity index is 2.44. The molecule has 2 nitrogen and oxygen atoms in total. The summed E-state index contributed by atoms with van der Waals surface area (Å²) in [6, 6.07) is 0. The summed E-state index contributed by atoms with van der Waals surface area (Å²) in [5.74, 6) is 1.47. The highest BCUT2D eigenvalue weighted by molar-refractivity contribution is 9.09. The zero-order chi connectivity index (χ0) is 12.9. The van der Waals surface area contributed by atoms with Gasteiger partial charge >= 0.3 is 0 Å². The SMILES string of the molecule is COCC1CCCN(CC(CBr)C(C)(C)C)C1. The molecule has 1 heterocycles. The number of piperidine rings is 1. The van der Waals surface area contributed by atoms with E-state index in [1.807, 2.05) is 7.11 Å². The minimum atomic E-state index is 0.387. The molecule has 1 aliphatic rings. The van der Waals surface area contributed by atoms with Crippen molar-refractivity contribution in [3.8, 4) is 0 Å². The van der Waals surface area contributed by atoms with Gasteiger partial charge in [0.1, 0.15) is 0 Å². The normalized spacial score (nSPS) is 24.9. The first kappa shape index (κ1) is 15.5. The number of likely N-dealkylation sites (tertiary alicyclic amines) is 1. The first-order valence-electron chi connectivity index (χ1n) is 6.74. The molecule has 17 heavy (non-hydrogen) atoms. The molecule has 2 unspecified atom stereocenters. The maximum atomic E-state index is 5.29. The van der Waals surface area contributed by atoms with E-state index in [-0.39, 0.29) is 0 Å². The van der Waals surface area contributed by atoms with Crippen LogP contribution in [0.2, 0.25) is 0 Å². The summed E-state index contributed by atoms with van der Waals surface area (Å²) in [4.78, 5) is 2.63. The Labute approximate surface area is 115 Å². The lowest BCUT2D eigenvalue weighted by atomic mass is 9.81. The summed E-state index contributed by atoms with van der Waals surface area (Å²) in [7, 11) is 1.81. The number of halogens is 1. The van der Waals surface area contributed by atoms with Gasteiger partial charge in [-0.2, -0.15) is 0 Å². The molecular formula is C14H28BrNO. The number of nitrogens with zero attached hydrogens (tertiary/aromatic N) is 1. The summed E-state index contributed by atoms with van der Waals surface area (Å²) in [6.45, 7) is 11.6. The summed E-state index contributed by atoms with van der Waals surface area (Å²) in [6.07, 6.45) is 2.66. The van der Waals surface area contributed by atoms with Crippen LogP contribution >= 0.6 is 15.9 Å². The lowest BCUT2D eigenvalue weighted by Gasteiger charge is -2.38. The van der Waals surface area contributed by atoms with Gasteiger partial charge in [-0.05, 0) is 36.6 Å². The topological polar surface area (TPSA) is 12.5 Å². The second-order valence-electron chi connectivity index (χ2n) is 6.44. The lowest BCUT2D eigenvalue weighted by molar-refractivity contribution is 0.0719. The molecule has 1 saturated heterocycles. The van der Waals surface area contributed by atoms with Crippen molar-refractivity contribution in [1.29, 1.82) is 0 Å². The molecule has 0 aliphatic carbocycles. The fourth-order valence-electron chi connectivity index (χ4n) is 2.55. The van der Waals surface area contributed by atoms with Crippen molar-refractivity contribution in [3.63, 3.8) is 0 Å². The first-order valence-corrected chi connectivity index (χ1v) is 7.86. The van der Waals surface area contributed by atoms with Crippen molar-refractivity contribution >= 4 is 15.9 Å². The smallest absolute Gasteiger partial charge is 0.0502 e. The molecule has 0 bridgehead atoms. The van der Waals surface area contributed by atoms with Crippen LogP contribution in [0.5, 0.6) is 0 Å². The maximum Gasteiger partial charge on any atom is 0.0502 e. The summed E-state index contributed by atoms with van der Waals surface area (Å²) in [5, 5.41) is 1.10. The van der Waals surface area contributed by atoms with Crippen LogP contribution in [0, 0.1) is 17.3 Å². The zero-order valence-corrected chi connectivity index (χ0v) is 13.4. The number of hydrogen-bond donors (Lipinski definition) is 0. The Morgan fingerprint density at radius 3 is 2.65 bits per heavy atom. The summed E-state index contributed by atoms with van der Waals surface area (Å²) < 4.78 is 5.29. The van der Waals surface area contributed by atoms with E-state index in [1.165, 1.54) is 32.5 Å². The average Bonchev–Trinajstić information content (AvgIpc) is 2.25. The molecule has 0 amide bonds. The highest BCUT2D eigenvalue weighted by Gasteiger charge is 2.28. The fourth-order valence-corrected chi connectivity index (χ4v) is 3.73. The molecule has 0 N–H and O–H groups in total. The molecule has 1 rings (SSSR count). The van der Waals surface area contributed by atoms with E-state index in [2.05, 4.69) is 41.6 Å². The number of alkyl halides is 1. The number of hydrogen-bond acceptors (Lipinski definition) is 2. The van der Waals surface area contributed by atoms with Crippen molar-refractivity contribution in [2.45, 2.75) is 33.6 Å². The Kier molecular flexibility index (Phi) is 6.46. The van der Waals surface area contributed by atoms with Gasteiger partial charge in [-0.25, -0.2) is 0 Å². The third kappa shape index (κ3) is 5.27. The number of rotatable bonds is 5. The molecule has 1 aliphatic heterocycles. The zero-order valence-electron chi connectivity index (χ0n) is 11.8. The quantitative estimate of drug-likeness (QED) is 0.722. The third-order valence-electron chi connectivity index (χ3n) is 3.90. The minimum Gasteiger partial charge on any atom is -0.384 e. The van der Waals surface area contributed by atoms with Gasteiger partial charge in [-0.3, -0.25) is 0 Å². The number of ether oxygens (including phenoxy) is 1. The Morgan fingerprint density at radius 1 is 1.41 bits per heavy atom. The highest BCUT2D eigenvalue weighted by atomic mass is 79.9. The molecule has 0 spiro atoms. The van der Waals surface area contributed by atoms with Crippen molar-refractivity contribution in [1.82, 2.24) is 4.90 Å². The molecule has 0 aromatic rings. The largest absolute Gasteiger partial charge is 0.384 e. The number of methoxy groups -OCH3 is 1. The van der Waals surface area contributed by atoms with E-state index >= 15 is 0 Å². The van der Waals surface area contributed by atoms with Crippen LogP contribution in [-0.4, -0.2) is 43.6 Å². The van der Waals surface area contributed by atoms with Crippen molar-refractivity contribution in [3.05, 3.63) is 0 Å². The molecular weight excluding hydrogens is 278 g/mol. The molecule has 0 radical (unpaired) electrons. The van der Waals surface area contributed by atoms with Gasteiger partial charge < -0.3 is 9.64 Å². The van der Waals surface area contributed by atoms with Crippen LogP contribution in [-0.2, 0) is 4.74 Å². The van der Waals surface area contributed by atoms with Crippen molar-refractivity contribution < 1.29 is 4.74 Å². The second kappa shape index (κ2) is 7.10. The predicted molar refractivity (Wildman–Crippen MR) is 77.8 cm³/mol. The van der Waals surface area contributed by atoms with E-state index in [1.54, 1.807) is 0 Å². The minimum absolute atomic E-state index is 0.387. The van der Waals surface area contributed by atoms with E-state index in [4.69, 9.17) is 4.74 Å². The van der Waals surface area contributed by atoms with Gasteiger partial charge in [-0.15, -0.1) is 0 Å². The van der Waals surface area contributed by atoms with E-state index in [9.17, 15) is 0 Å². The molecule has 0 saturated carbocycles. The monoisotopic (exact) mass is 305 g/mol. The third-order valence-corrected chi connectivity index (χ3v) is 4.68. The van der Waals surface area contributed by atoms with Gasteiger partial charge in [-0.1, -0.05) is 36.7 Å². The van der Waals surface area contributed by atoms with Crippen molar-refractivity contribution in [2.24, 2.45) is 17.3 Å². The van der Waals surface area contributed by atoms with E-state index < -0.39 is 0 Å². The average molecular weight is 306 g/mol. The van der Waals surface area contributed by atoms with Crippen LogP contribution in [0.4, 0.5) is 0 Å². The van der Waals surface area contributed by atoms with Gasteiger partial charge in [0, 0.05) is 25.5 Å². The van der Waals surface area contributed by atoms with Crippen LogP contribution in [0.15, 0.2) is 0 Å². The van der Waals surface area contributed by atoms with E-state index in [0.29, 0.717) is 5.41 Å². The summed E-state index contributed by atoms with van der Waals surface area (Å²) >= 11 is 3.67. The Hall–Kier alpha value is 0.400. The lowest BCUT2D eigenvalue weighted by Crippen LogP contribution is -2.42. The Bertz CT molecular complexity index is 213. The van der Waals surface area contributed by atoms with Crippen LogP contribution in [0.25, 0.3) is 0 Å². The standard InChI is InChI=1S/C14H28BrNO/c1-14(2,3)13(8-15)10-16-7-5-6-12(9-16)11-17-4/h12-13H,5-11H2,1-4H3. The molecule has 0 aromatic heterocycles. The van der Waals surface area contributed by atoms with Gasteiger partial charge in [0.2, 0.25) is 0 Å². The van der Waals surface area contributed by atoms with Gasteiger partial charge in [0.25, 0.3) is 0 Å². The molecule has 2 atom stereocenters. The molecule has 0 aromatic carbocycles. The molecule has 1 fully saturated rings. The van der Waals surface area contributed by atoms with E-state index in [0.717, 1.165) is 23.8 Å². The summed E-state index contributed by atoms with van der Waals surface area (Å²) in [5.41, 5.74) is 0.387. The Morgan fingerprint density at radius 2 is 2.12 bits per heavy atom. The maximum absolute atomic E-state index is 5.29. The second-order valence-corrected chi connectivity index (χ2v) is 7.09. The van der Waals surface area contributed by atoms with Crippen LogP contribution in [0.1, 0.15) is 33.6 Å². The fraction of sp³-hybridized carbons (Fsp3) is 1.00. The van der Waals surface area contributed by atoms with Crippen LogP contribution < -0.4 is 0 Å². The van der Waals surface area contributed by atoms with Crippen LogP contribution in [0.3, 0.4) is 0 Å². The molecule has 102 valence electrons. The molecule has 3 heteroatoms.